The number of halogens is 3. The van der Waals surface area contributed by atoms with Gasteiger partial charge in [-0.25, -0.2) is 4.79 Å². The highest BCUT2D eigenvalue weighted by molar-refractivity contribution is 5.69. The first-order valence-electron chi connectivity index (χ1n) is 8.04. The lowest BCUT2D eigenvalue weighted by molar-refractivity contribution is -0.274. The van der Waals surface area contributed by atoms with Crippen LogP contribution >= 0.6 is 0 Å². The van der Waals surface area contributed by atoms with E-state index in [0.717, 1.165) is 28.7 Å². The van der Waals surface area contributed by atoms with Crippen LogP contribution in [0.1, 0.15) is 31.0 Å². The molecule has 0 aromatic heterocycles. The molecule has 0 saturated carbocycles. The number of fused-ring (bicyclic) bond motifs is 1. The third-order valence-corrected chi connectivity index (χ3v) is 4.57. The molecule has 1 unspecified atom stereocenters. The summed E-state index contributed by atoms with van der Waals surface area (Å²) in [5.74, 6) is -0.283. The van der Waals surface area contributed by atoms with Gasteiger partial charge in [0.1, 0.15) is 5.75 Å². The van der Waals surface area contributed by atoms with Gasteiger partial charge in [0.05, 0.1) is 6.04 Å². The predicted molar refractivity (Wildman–Crippen MR) is 89.9 cm³/mol. The molecule has 7 heteroatoms. The monoisotopic (exact) mass is 365 g/mol. The van der Waals surface area contributed by atoms with Crippen LogP contribution in [0.15, 0.2) is 42.5 Å². The number of nitrogens with one attached hydrogen (secondary N) is 1. The van der Waals surface area contributed by atoms with Crippen LogP contribution in [-0.2, 0) is 6.42 Å². The summed E-state index contributed by atoms with van der Waals surface area (Å²) in [6, 6.07) is 11.0. The molecule has 0 radical (unpaired) electrons. The van der Waals surface area contributed by atoms with Crippen LogP contribution in [-0.4, -0.2) is 17.6 Å². The number of rotatable bonds is 3. The Balaban J connectivity index is 1.91. The topological polar surface area (TPSA) is 58.6 Å². The highest BCUT2D eigenvalue weighted by Gasteiger charge is 2.40. The number of ether oxygens (including phenoxy) is 1. The highest BCUT2D eigenvalue weighted by atomic mass is 19.4. The minimum absolute atomic E-state index is 0.260. The minimum atomic E-state index is -4.73. The summed E-state index contributed by atoms with van der Waals surface area (Å²) < 4.78 is 40.7. The van der Waals surface area contributed by atoms with Crippen LogP contribution < -0.4 is 10.1 Å². The second kappa shape index (κ2) is 6.23. The summed E-state index contributed by atoms with van der Waals surface area (Å²) in [6.07, 6.45) is -5.07. The van der Waals surface area contributed by atoms with Crippen LogP contribution in [0.3, 0.4) is 0 Å². The zero-order chi connectivity index (χ0) is 19.1. The Morgan fingerprint density at radius 2 is 1.77 bits per heavy atom. The van der Waals surface area contributed by atoms with Crippen LogP contribution in [0.25, 0.3) is 11.1 Å². The summed E-state index contributed by atoms with van der Waals surface area (Å²) in [7, 11) is 0. The molecule has 0 bridgehead atoms. The first kappa shape index (κ1) is 18.1. The number of hydrogen-bond acceptors (Lipinski definition) is 2. The normalized spacial score (nSPS) is 18.3. The number of alkyl halides is 3. The molecule has 4 nitrogen and oxygen atoms in total. The van der Waals surface area contributed by atoms with Crippen molar-refractivity contribution < 1.29 is 27.8 Å². The van der Waals surface area contributed by atoms with Gasteiger partial charge >= 0.3 is 12.5 Å². The molecule has 3 rings (SSSR count). The van der Waals surface area contributed by atoms with Crippen LogP contribution in [0.4, 0.5) is 18.0 Å². The zero-order valence-corrected chi connectivity index (χ0v) is 14.2. The Morgan fingerprint density at radius 1 is 1.15 bits per heavy atom. The smallest absolute Gasteiger partial charge is 0.465 e. The van der Waals surface area contributed by atoms with Gasteiger partial charge in [-0.05, 0) is 52.3 Å². The average Bonchev–Trinajstić information content (AvgIpc) is 2.76. The number of carboxylic acid groups (broad SMARTS) is 1. The Labute approximate surface area is 148 Å². The summed E-state index contributed by atoms with van der Waals surface area (Å²) in [4.78, 5) is 11.1. The van der Waals surface area contributed by atoms with E-state index in [9.17, 15) is 18.0 Å². The van der Waals surface area contributed by atoms with Crippen molar-refractivity contribution in [1.82, 2.24) is 5.32 Å². The van der Waals surface area contributed by atoms with Crippen molar-refractivity contribution in [3.8, 4) is 16.9 Å². The average molecular weight is 365 g/mol. The van der Waals surface area contributed by atoms with Crippen molar-refractivity contribution in [2.75, 3.05) is 0 Å². The standard InChI is InChI=1S/C19H18F3NO3/c1-18(2)10-13-4-3-12(9-15(13)16(18)23-17(24)25)11-5-7-14(8-6-11)26-19(20,21)22/h3-9,16,23H,10H2,1-2H3,(H,24,25). The van der Waals surface area contributed by atoms with Gasteiger partial charge in [0.2, 0.25) is 0 Å². The number of carbonyl (C=O) groups is 1. The van der Waals surface area contributed by atoms with E-state index in [1.807, 2.05) is 32.0 Å². The van der Waals surface area contributed by atoms with Crippen molar-refractivity contribution in [2.24, 2.45) is 5.41 Å². The largest absolute Gasteiger partial charge is 0.573 e. The Bertz CT molecular complexity index is 829. The fraction of sp³-hybridized carbons (Fsp3) is 0.316. The lowest BCUT2D eigenvalue weighted by Crippen LogP contribution is -2.34. The van der Waals surface area contributed by atoms with Crippen molar-refractivity contribution in [3.05, 3.63) is 53.6 Å². The summed E-state index contributed by atoms with van der Waals surface area (Å²) in [5, 5.41) is 11.7. The molecule has 2 aromatic carbocycles. The van der Waals surface area contributed by atoms with E-state index in [-0.39, 0.29) is 17.2 Å². The molecule has 1 aliphatic rings. The van der Waals surface area contributed by atoms with E-state index in [4.69, 9.17) is 5.11 Å². The molecular formula is C19H18F3NO3. The van der Waals surface area contributed by atoms with Gasteiger partial charge in [-0.2, -0.15) is 0 Å². The van der Waals surface area contributed by atoms with E-state index in [1.165, 1.54) is 12.1 Å². The second-order valence-electron chi connectivity index (χ2n) is 7.03. The molecule has 138 valence electrons. The molecule has 2 aromatic rings. The Kier molecular flexibility index (Phi) is 4.34. The van der Waals surface area contributed by atoms with Gasteiger partial charge in [-0.3, -0.25) is 0 Å². The molecule has 1 amide bonds. The van der Waals surface area contributed by atoms with E-state index in [1.54, 1.807) is 12.1 Å². The molecular weight excluding hydrogens is 347 g/mol. The SMILES string of the molecule is CC1(C)Cc2ccc(-c3ccc(OC(F)(F)F)cc3)cc2C1NC(=O)O. The van der Waals surface area contributed by atoms with Crippen LogP contribution in [0.2, 0.25) is 0 Å². The maximum atomic E-state index is 12.3. The molecule has 0 fully saturated rings. The molecule has 0 aliphatic heterocycles. The third kappa shape index (κ3) is 3.76. The second-order valence-corrected chi connectivity index (χ2v) is 7.03. The maximum Gasteiger partial charge on any atom is 0.573 e. The first-order valence-corrected chi connectivity index (χ1v) is 8.04. The van der Waals surface area contributed by atoms with Crippen LogP contribution in [0, 0.1) is 5.41 Å². The summed E-state index contributed by atoms with van der Waals surface area (Å²) >= 11 is 0. The van der Waals surface area contributed by atoms with E-state index < -0.39 is 12.5 Å². The van der Waals surface area contributed by atoms with E-state index in [2.05, 4.69) is 10.1 Å². The molecule has 1 atom stereocenters. The Hall–Kier alpha value is -2.70. The van der Waals surface area contributed by atoms with Gasteiger partial charge in [0.15, 0.2) is 0 Å². The maximum absolute atomic E-state index is 12.3. The van der Waals surface area contributed by atoms with Gasteiger partial charge in [-0.1, -0.05) is 38.1 Å². The van der Waals surface area contributed by atoms with Gasteiger partial charge in [0, 0.05) is 0 Å². The van der Waals surface area contributed by atoms with Crippen molar-refractivity contribution in [3.63, 3.8) is 0 Å². The van der Waals surface area contributed by atoms with Crippen molar-refractivity contribution in [1.29, 1.82) is 0 Å². The molecule has 0 spiro atoms. The zero-order valence-electron chi connectivity index (χ0n) is 14.2. The van der Waals surface area contributed by atoms with Crippen molar-refractivity contribution in [2.45, 2.75) is 32.7 Å². The lowest BCUT2D eigenvalue weighted by atomic mass is 9.85. The summed E-state index contributed by atoms with van der Waals surface area (Å²) in [5.41, 5.74) is 3.22. The first-order chi connectivity index (χ1) is 12.0. The van der Waals surface area contributed by atoms with E-state index in [0.29, 0.717) is 0 Å². The fourth-order valence-electron chi connectivity index (χ4n) is 3.46. The molecule has 2 N–H and O–H groups in total. The van der Waals surface area contributed by atoms with E-state index >= 15 is 0 Å². The highest BCUT2D eigenvalue weighted by Crippen LogP contribution is 2.46. The van der Waals surface area contributed by atoms with Crippen LogP contribution in [0.5, 0.6) is 5.75 Å². The fourth-order valence-corrected chi connectivity index (χ4v) is 3.46. The quantitative estimate of drug-likeness (QED) is 0.791. The molecule has 1 aliphatic carbocycles. The summed E-state index contributed by atoms with van der Waals surface area (Å²) in [6.45, 7) is 3.99. The van der Waals surface area contributed by atoms with Gasteiger partial charge in [0.25, 0.3) is 0 Å². The minimum Gasteiger partial charge on any atom is -0.465 e. The molecule has 0 saturated heterocycles. The predicted octanol–water partition coefficient (Wildman–Crippen LogP) is 5.14. The number of amides is 1. The molecule has 0 heterocycles. The Morgan fingerprint density at radius 3 is 2.35 bits per heavy atom. The van der Waals surface area contributed by atoms with Gasteiger partial charge in [-0.15, -0.1) is 13.2 Å². The van der Waals surface area contributed by atoms with Gasteiger partial charge < -0.3 is 15.2 Å². The lowest BCUT2D eigenvalue weighted by Gasteiger charge is -2.27. The third-order valence-electron chi connectivity index (χ3n) is 4.57. The molecule has 26 heavy (non-hydrogen) atoms. The number of benzene rings is 2. The van der Waals surface area contributed by atoms with Crippen molar-refractivity contribution >= 4 is 6.09 Å². The number of hydrogen-bond donors (Lipinski definition) is 2.